The molecular weight excluding hydrogens is 434 g/mol. The maximum Gasteiger partial charge on any atom is 0.433 e. The summed E-state index contributed by atoms with van der Waals surface area (Å²) in [4.78, 5) is 24.3. The van der Waals surface area contributed by atoms with E-state index in [4.69, 9.17) is 14.4 Å². The van der Waals surface area contributed by atoms with Crippen molar-refractivity contribution >= 4 is 20.4 Å². The van der Waals surface area contributed by atoms with Crippen molar-refractivity contribution in [1.82, 2.24) is 5.06 Å². The average Bonchev–Trinajstić information content (AvgIpc) is 3.09. The van der Waals surface area contributed by atoms with Gasteiger partial charge < -0.3 is 14.4 Å². The molecule has 0 aromatic heterocycles. The Morgan fingerprint density at radius 3 is 2.42 bits per heavy atom. The Morgan fingerprint density at radius 1 is 1.09 bits per heavy atom. The number of nitrogens with zero attached hydrogens (tertiary/aromatic N) is 1. The van der Waals surface area contributed by atoms with Crippen LogP contribution in [0.3, 0.4) is 0 Å². The van der Waals surface area contributed by atoms with Crippen LogP contribution in [-0.2, 0) is 27.1 Å². The minimum atomic E-state index is -2.33. The normalized spacial score (nSPS) is 13.8. The van der Waals surface area contributed by atoms with Crippen LogP contribution in [0.5, 0.6) is 0 Å². The molecule has 0 aliphatic heterocycles. The van der Waals surface area contributed by atoms with Crippen molar-refractivity contribution in [1.29, 1.82) is 0 Å². The van der Waals surface area contributed by atoms with Crippen molar-refractivity contribution < 1.29 is 24.0 Å². The fourth-order valence-electron chi connectivity index (χ4n) is 3.78. The second-order valence-corrected chi connectivity index (χ2v) is 15.2. The number of rotatable bonds is 8. The number of carboxylic acids is 1. The molecule has 6 nitrogen and oxygen atoms in total. The predicted octanol–water partition coefficient (Wildman–Crippen LogP) is 6.24. The van der Waals surface area contributed by atoms with Crippen LogP contribution < -0.4 is 0 Å². The fourth-order valence-corrected chi connectivity index (χ4v) is 4.75. The standard InChI is InChI=1S/C26H35NO5Si/c1-18(14-24(28)29)16-27(32-33(5,6)26(2,3)4)25(30)31-17-20-11-9-13-22-21-12-8-7-10-19(21)15-23(20)22/h7-13,18H,14-17H2,1-6H3,(H,28,29). The third-order valence-electron chi connectivity index (χ3n) is 6.65. The van der Waals surface area contributed by atoms with Gasteiger partial charge in [0.2, 0.25) is 8.32 Å². The van der Waals surface area contributed by atoms with Gasteiger partial charge in [-0.1, -0.05) is 70.2 Å². The zero-order chi connectivity index (χ0) is 24.4. The molecule has 33 heavy (non-hydrogen) atoms. The summed E-state index contributed by atoms with van der Waals surface area (Å²) in [5, 5.41) is 10.3. The number of ether oxygens (including phenoxy) is 1. The SMILES string of the molecule is CC(CC(=O)O)CN(O[Si](C)(C)C(C)(C)C)C(=O)OCc1cccc2c1Cc1ccccc1-2. The van der Waals surface area contributed by atoms with Crippen LogP contribution >= 0.6 is 0 Å². The topological polar surface area (TPSA) is 76.1 Å². The average molecular weight is 470 g/mol. The van der Waals surface area contributed by atoms with Crippen molar-refractivity contribution in [2.45, 2.75) is 65.3 Å². The van der Waals surface area contributed by atoms with Gasteiger partial charge >= 0.3 is 12.1 Å². The maximum absolute atomic E-state index is 13.1. The van der Waals surface area contributed by atoms with E-state index in [1.807, 2.05) is 24.3 Å². The van der Waals surface area contributed by atoms with E-state index in [-0.39, 0.29) is 30.5 Å². The summed E-state index contributed by atoms with van der Waals surface area (Å²) in [7, 11) is -2.33. The smallest absolute Gasteiger partial charge is 0.433 e. The molecule has 178 valence electrons. The van der Waals surface area contributed by atoms with E-state index in [0.717, 1.165) is 12.0 Å². The first kappa shape index (κ1) is 25.0. The number of hydroxylamine groups is 2. The van der Waals surface area contributed by atoms with Crippen LogP contribution in [0, 0.1) is 5.92 Å². The Labute approximate surface area is 197 Å². The number of amides is 1. The summed E-state index contributed by atoms with van der Waals surface area (Å²) in [5.74, 6) is -1.17. The minimum Gasteiger partial charge on any atom is -0.481 e. The first-order chi connectivity index (χ1) is 15.4. The number of aliphatic carboxylic acids is 1. The van der Waals surface area contributed by atoms with Crippen molar-refractivity contribution in [3.63, 3.8) is 0 Å². The summed E-state index contributed by atoms with van der Waals surface area (Å²) in [6.07, 6.45) is 0.193. The van der Waals surface area contributed by atoms with E-state index in [1.54, 1.807) is 6.92 Å². The molecule has 2 aromatic carbocycles. The molecule has 3 rings (SSSR count). The van der Waals surface area contributed by atoms with Gasteiger partial charge in [0.15, 0.2) is 0 Å². The van der Waals surface area contributed by atoms with Gasteiger partial charge in [0.25, 0.3) is 0 Å². The molecule has 1 unspecified atom stereocenters. The van der Waals surface area contributed by atoms with Crippen LogP contribution in [0.1, 0.15) is 50.8 Å². The maximum atomic E-state index is 13.1. The Balaban J connectivity index is 1.75. The third kappa shape index (κ3) is 5.84. The van der Waals surface area contributed by atoms with E-state index in [2.05, 4.69) is 52.1 Å². The van der Waals surface area contributed by atoms with Gasteiger partial charge in [-0.05, 0) is 58.3 Å². The molecule has 0 saturated carbocycles. The molecule has 1 N–H and O–H groups in total. The Morgan fingerprint density at radius 2 is 1.76 bits per heavy atom. The number of hydrogen-bond acceptors (Lipinski definition) is 4. The molecule has 0 radical (unpaired) electrons. The van der Waals surface area contributed by atoms with E-state index in [1.165, 1.54) is 27.3 Å². The minimum absolute atomic E-state index is 0.0465. The predicted molar refractivity (Wildman–Crippen MR) is 131 cm³/mol. The molecule has 7 heteroatoms. The van der Waals surface area contributed by atoms with Gasteiger partial charge in [-0.25, -0.2) is 4.79 Å². The Hall–Kier alpha value is -2.64. The number of carbonyl (C=O) groups is 2. The number of hydrogen-bond donors (Lipinski definition) is 1. The van der Waals surface area contributed by atoms with Gasteiger partial charge in [-0.15, -0.1) is 0 Å². The van der Waals surface area contributed by atoms with Crippen LogP contribution in [0.4, 0.5) is 4.79 Å². The number of carbonyl (C=O) groups excluding carboxylic acids is 1. The summed E-state index contributed by atoms with van der Waals surface area (Å²) < 4.78 is 12.0. The van der Waals surface area contributed by atoms with E-state index < -0.39 is 20.4 Å². The second kappa shape index (κ2) is 9.69. The lowest BCUT2D eigenvalue weighted by Crippen LogP contribution is -2.49. The lowest BCUT2D eigenvalue weighted by Gasteiger charge is -2.39. The highest BCUT2D eigenvalue weighted by atomic mass is 28.4. The molecule has 0 bridgehead atoms. The van der Waals surface area contributed by atoms with Crippen molar-refractivity contribution in [3.05, 3.63) is 59.2 Å². The highest BCUT2D eigenvalue weighted by Gasteiger charge is 2.41. The summed E-state index contributed by atoms with van der Waals surface area (Å²) in [5.41, 5.74) is 5.84. The fraction of sp³-hybridized carbons (Fsp3) is 0.462. The number of carboxylic acid groups (broad SMARTS) is 1. The zero-order valence-electron chi connectivity index (χ0n) is 20.5. The van der Waals surface area contributed by atoms with Gasteiger partial charge in [-0.3, -0.25) is 4.79 Å². The number of fused-ring (bicyclic) bond motifs is 3. The van der Waals surface area contributed by atoms with Gasteiger partial charge in [0.1, 0.15) is 6.61 Å². The van der Waals surface area contributed by atoms with Crippen molar-refractivity contribution in [2.24, 2.45) is 5.92 Å². The first-order valence-electron chi connectivity index (χ1n) is 11.4. The molecule has 1 atom stereocenters. The van der Waals surface area contributed by atoms with Gasteiger partial charge in [0, 0.05) is 6.42 Å². The monoisotopic (exact) mass is 469 g/mol. The van der Waals surface area contributed by atoms with Gasteiger partial charge in [0.05, 0.1) is 6.54 Å². The largest absolute Gasteiger partial charge is 0.481 e. The van der Waals surface area contributed by atoms with E-state index in [9.17, 15) is 9.59 Å². The Kier molecular flexibility index (Phi) is 7.34. The Bertz CT molecular complexity index is 1030. The van der Waals surface area contributed by atoms with Gasteiger partial charge in [-0.2, -0.15) is 5.06 Å². The highest BCUT2D eigenvalue weighted by Crippen LogP contribution is 2.39. The number of benzene rings is 2. The highest BCUT2D eigenvalue weighted by molar-refractivity contribution is 6.74. The molecule has 1 amide bonds. The molecule has 0 heterocycles. The second-order valence-electron chi connectivity index (χ2n) is 10.4. The summed E-state index contributed by atoms with van der Waals surface area (Å²) >= 11 is 0. The van der Waals surface area contributed by atoms with E-state index in [0.29, 0.717) is 0 Å². The lowest BCUT2D eigenvalue weighted by molar-refractivity contribution is -0.139. The molecule has 1 aliphatic carbocycles. The zero-order valence-corrected chi connectivity index (χ0v) is 21.5. The van der Waals surface area contributed by atoms with Crippen LogP contribution in [0.15, 0.2) is 42.5 Å². The molecule has 0 saturated heterocycles. The molecule has 1 aliphatic rings. The molecule has 0 spiro atoms. The van der Waals surface area contributed by atoms with Crippen LogP contribution in [-0.4, -0.2) is 37.1 Å². The quantitative estimate of drug-likeness (QED) is 0.312. The van der Waals surface area contributed by atoms with Crippen LogP contribution in [0.25, 0.3) is 11.1 Å². The van der Waals surface area contributed by atoms with Crippen molar-refractivity contribution in [3.8, 4) is 11.1 Å². The third-order valence-corrected chi connectivity index (χ3v) is 10.9. The summed E-state index contributed by atoms with van der Waals surface area (Å²) in [6, 6.07) is 14.4. The van der Waals surface area contributed by atoms with E-state index >= 15 is 0 Å². The lowest BCUT2D eigenvalue weighted by atomic mass is 10.0. The van der Waals surface area contributed by atoms with Crippen LogP contribution in [0.2, 0.25) is 18.1 Å². The molecule has 2 aromatic rings. The molecular formula is C26H35NO5Si. The summed E-state index contributed by atoms with van der Waals surface area (Å²) in [6.45, 7) is 12.5. The first-order valence-corrected chi connectivity index (χ1v) is 14.3. The van der Waals surface area contributed by atoms with Crippen molar-refractivity contribution in [2.75, 3.05) is 6.54 Å². The molecule has 0 fully saturated rings.